The molecule has 1 aromatic carbocycles. The number of fused-ring (bicyclic) bond motifs is 1. The van der Waals surface area contributed by atoms with Crippen LogP contribution in [0.1, 0.15) is 26.2 Å². The number of anilines is 1. The number of hydrogen-bond acceptors (Lipinski definition) is 6. The van der Waals surface area contributed by atoms with Gasteiger partial charge in [-0.05, 0) is 31.9 Å². The highest BCUT2D eigenvalue weighted by Crippen LogP contribution is 2.34. The number of ether oxygens (including phenoxy) is 1. The number of cyclic esters (lactones) is 1. The topological polar surface area (TPSA) is 64.1 Å². The van der Waals surface area contributed by atoms with Crippen LogP contribution in [0.4, 0.5) is 5.82 Å². The Kier molecular flexibility index (Phi) is 3.41. The highest BCUT2D eigenvalue weighted by atomic mass is 32.2. The zero-order valence-electron chi connectivity index (χ0n) is 12.3. The first-order chi connectivity index (χ1) is 10.7. The number of nitrogens with zero attached hydrogens (tertiary/aromatic N) is 2. The van der Waals surface area contributed by atoms with Crippen LogP contribution in [0.3, 0.4) is 0 Å². The monoisotopic (exact) mass is 315 g/mol. The normalized spacial score (nSPS) is 24.5. The van der Waals surface area contributed by atoms with Crippen molar-refractivity contribution in [2.75, 3.05) is 5.32 Å². The Morgan fingerprint density at radius 2 is 2.09 bits per heavy atom. The van der Waals surface area contributed by atoms with Crippen LogP contribution in [-0.2, 0) is 9.53 Å². The molecule has 1 saturated heterocycles. The summed E-state index contributed by atoms with van der Waals surface area (Å²) in [6, 6.07) is 8.49. The summed E-state index contributed by atoms with van der Waals surface area (Å²) >= 11 is 1.40. The first kappa shape index (κ1) is 13.8. The van der Waals surface area contributed by atoms with E-state index in [9.17, 15) is 4.79 Å². The van der Waals surface area contributed by atoms with E-state index >= 15 is 0 Å². The Morgan fingerprint density at radius 3 is 2.82 bits per heavy atom. The van der Waals surface area contributed by atoms with E-state index in [1.165, 1.54) is 24.6 Å². The molecule has 2 fully saturated rings. The Balaban J connectivity index is 1.66. The summed E-state index contributed by atoms with van der Waals surface area (Å²) in [5, 5.41) is 4.93. The number of rotatable bonds is 4. The van der Waals surface area contributed by atoms with E-state index in [1.807, 2.05) is 31.2 Å². The fraction of sp³-hybridized carbons (Fsp3) is 0.438. The first-order valence-corrected chi connectivity index (χ1v) is 8.47. The fourth-order valence-electron chi connectivity index (χ4n) is 2.58. The predicted octanol–water partition coefficient (Wildman–Crippen LogP) is 3.00. The summed E-state index contributed by atoms with van der Waals surface area (Å²) in [5.41, 5.74) is 0.905. The van der Waals surface area contributed by atoms with Gasteiger partial charge in [-0.1, -0.05) is 23.9 Å². The molecule has 0 amide bonds. The van der Waals surface area contributed by atoms with E-state index in [0.717, 1.165) is 16.7 Å². The molecular weight excluding hydrogens is 298 g/mol. The molecule has 2 aromatic rings. The van der Waals surface area contributed by atoms with Crippen molar-refractivity contribution in [1.29, 1.82) is 0 Å². The van der Waals surface area contributed by atoms with Gasteiger partial charge in [-0.2, -0.15) is 0 Å². The summed E-state index contributed by atoms with van der Waals surface area (Å²) in [6.07, 6.45) is 3.07. The second kappa shape index (κ2) is 5.43. The highest BCUT2D eigenvalue weighted by molar-refractivity contribution is 8.00. The maximum absolute atomic E-state index is 11.8. The van der Waals surface area contributed by atoms with Crippen LogP contribution in [0.2, 0.25) is 0 Å². The molecule has 0 bridgehead atoms. The van der Waals surface area contributed by atoms with Gasteiger partial charge in [-0.3, -0.25) is 4.79 Å². The van der Waals surface area contributed by atoms with E-state index in [4.69, 9.17) is 4.74 Å². The van der Waals surface area contributed by atoms with Crippen molar-refractivity contribution >= 4 is 34.5 Å². The molecular formula is C16H17N3O2S. The summed E-state index contributed by atoms with van der Waals surface area (Å²) < 4.78 is 5.21. The number of esters is 1. The van der Waals surface area contributed by atoms with Crippen molar-refractivity contribution in [1.82, 2.24) is 9.97 Å². The third kappa shape index (κ3) is 2.75. The lowest BCUT2D eigenvalue weighted by Crippen LogP contribution is -2.11. The lowest BCUT2D eigenvalue weighted by atomic mass is 10.2. The van der Waals surface area contributed by atoms with E-state index in [2.05, 4.69) is 15.3 Å². The lowest BCUT2D eigenvalue weighted by Gasteiger charge is -2.11. The number of carbonyl (C=O) groups is 1. The summed E-state index contributed by atoms with van der Waals surface area (Å²) in [5.74, 6) is 0.709. The number of nitrogens with one attached hydrogen (secondary N) is 1. The van der Waals surface area contributed by atoms with Gasteiger partial charge in [0.2, 0.25) is 0 Å². The van der Waals surface area contributed by atoms with Crippen LogP contribution >= 0.6 is 11.8 Å². The Morgan fingerprint density at radius 1 is 1.27 bits per heavy atom. The molecule has 1 saturated carbocycles. The van der Waals surface area contributed by atoms with Crippen LogP contribution in [-0.4, -0.2) is 33.3 Å². The van der Waals surface area contributed by atoms with Crippen molar-refractivity contribution < 1.29 is 9.53 Å². The molecule has 114 valence electrons. The van der Waals surface area contributed by atoms with E-state index < -0.39 is 0 Å². The SMILES string of the molecule is CC1CC(Sc2nc(NC3CC3)c3ccccc3n2)C(=O)O1. The van der Waals surface area contributed by atoms with Gasteiger partial charge in [0.05, 0.1) is 5.52 Å². The second-order valence-corrected chi connectivity index (χ2v) is 7.05. The van der Waals surface area contributed by atoms with Crippen molar-refractivity contribution in [2.24, 2.45) is 0 Å². The van der Waals surface area contributed by atoms with Crippen LogP contribution < -0.4 is 5.32 Å². The van der Waals surface area contributed by atoms with Crippen molar-refractivity contribution in [3.8, 4) is 0 Å². The Hall–Kier alpha value is -1.82. The third-order valence-corrected chi connectivity index (χ3v) is 4.94. The van der Waals surface area contributed by atoms with Crippen molar-refractivity contribution in [3.63, 3.8) is 0 Å². The van der Waals surface area contributed by atoms with Gasteiger partial charge in [-0.25, -0.2) is 9.97 Å². The molecule has 22 heavy (non-hydrogen) atoms. The molecule has 1 aromatic heterocycles. The van der Waals surface area contributed by atoms with E-state index in [1.54, 1.807) is 0 Å². The van der Waals surface area contributed by atoms with Crippen LogP contribution in [0.15, 0.2) is 29.4 Å². The number of hydrogen-bond donors (Lipinski definition) is 1. The van der Waals surface area contributed by atoms with Crippen LogP contribution in [0.5, 0.6) is 0 Å². The number of para-hydroxylation sites is 1. The molecule has 0 radical (unpaired) electrons. The van der Waals surface area contributed by atoms with Crippen molar-refractivity contribution in [3.05, 3.63) is 24.3 Å². The third-order valence-electron chi connectivity index (χ3n) is 3.87. The molecule has 2 unspecified atom stereocenters. The summed E-state index contributed by atoms with van der Waals surface area (Å²) in [6.45, 7) is 1.92. The molecule has 2 aliphatic rings. The molecule has 0 spiro atoms. The largest absolute Gasteiger partial charge is 0.462 e. The maximum Gasteiger partial charge on any atom is 0.319 e. The maximum atomic E-state index is 11.8. The first-order valence-electron chi connectivity index (χ1n) is 7.59. The van der Waals surface area contributed by atoms with Gasteiger partial charge in [0.15, 0.2) is 5.16 Å². The second-order valence-electron chi connectivity index (χ2n) is 5.88. The predicted molar refractivity (Wildman–Crippen MR) is 86.0 cm³/mol. The Labute approximate surface area is 132 Å². The zero-order valence-corrected chi connectivity index (χ0v) is 13.1. The summed E-state index contributed by atoms with van der Waals surface area (Å²) in [7, 11) is 0. The molecule has 6 heteroatoms. The number of aromatic nitrogens is 2. The lowest BCUT2D eigenvalue weighted by molar-refractivity contribution is -0.140. The minimum absolute atomic E-state index is 0.0190. The molecule has 5 nitrogen and oxygen atoms in total. The average Bonchev–Trinajstić information content (AvgIpc) is 3.25. The van der Waals surface area contributed by atoms with E-state index in [-0.39, 0.29) is 17.3 Å². The van der Waals surface area contributed by atoms with Gasteiger partial charge in [0.1, 0.15) is 17.2 Å². The fourth-order valence-corrected chi connectivity index (χ4v) is 3.65. The molecule has 4 rings (SSSR count). The average molecular weight is 315 g/mol. The minimum Gasteiger partial charge on any atom is -0.462 e. The van der Waals surface area contributed by atoms with Crippen molar-refractivity contribution in [2.45, 2.75) is 48.7 Å². The quantitative estimate of drug-likeness (QED) is 0.691. The van der Waals surface area contributed by atoms with Gasteiger partial charge in [-0.15, -0.1) is 0 Å². The smallest absolute Gasteiger partial charge is 0.319 e. The minimum atomic E-state index is -0.204. The van der Waals surface area contributed by atoms with Gasteiger partial charge < -0.3 is 10.1 Å². The highest BCUT2D eigenvalue weighted by Gasteiger charge is 2.33. The van der Waals surface area contributed by atoms with Crippen LogP contribution in [0, 0.1) is 0 Å². The standard InChI is InChI=1S/C16H17N3O2S/c1-9-8-13(15(20)21-9)22-16-18-12-5-3-2-4-11(12)14(19-16)17-10-6-7-10/h2-5,9-10,13H,6-8H2,1H3,(H,17,18,19). The number of carbonyl (C=O) groups excluding carboxylic acids is 1. The summed E-state index contributed by atoms with van der Waals surface area (Å²) in [4.78, 5) is 21.0. The molecule has 2 heterocycles. The molecule has 1 N–H and O–H groups in total. The molecule has 1 aliphatic heterocycles. The van der Waals surface area contributed by atoms with Gasteiger partial charge >= 0.3 is 5.97 Å². The number of benzene rings is 1. The van der Waals surface area contributed by atoms with E-state index in [0.29, 0.717) is 17.6 Å². The van der Waals surface area contributed by atoms with Gasteiger partial charge in [0, 0.05) is 17.8 Å². The van der Waals surface area contributed by atoms with Gasteiger partial charge in [0.25, 0.3) is 0 Å². The molecule has 2 atom stereocenters. The Bertz CT molecular complexity index is 732. The van der Waals surface area contributed by atoms with Crippen LogP contribution in [0.25, 0.3) is 10.9 Å². The molecule has 1 aliphatic carbocycles. The number of thioether (sulfide) groups is 1. The zero-order chi connectivity index (χ0) is 15.1.